The molecule has 0 radical (unpaired) electrons. The van der Waals surface area contributed by atoms with Crippen molar-refractivity contribution in [3.63, 3.8) is 0 Å². The Kier molecular flexibility index (Phi) is 5.88. The Bertz CT molecular complexity index is 592. The fourth-order valence-electron chi connectivity index (χ4n) is 1.75. The predicted molar refractivity (Wildman–Crippen MR) is 82.9 cm³/mol. The second-order valence-electron chi connectivity index (χ2n) is 5.90. The van der Waals surface area contributed by atoms with E-state index in [1.54, 1.807) is 18.2 Å². The third-order valence-corrected chi connectivity index (χ3v) is 3.85. The van der Waals surface area contributed by atoms with Crippen LogP contribution in [0.5, 0.6) is 0 Å². The lowest BCUT2D eigenvalue weighted by molar-refractivity contribution is -0.121. The van der Waals surface area contributed by atoms with Gasteiger partial charge in [0.05, 0.1) is 12.3 Å². The van der Waals surface area contributed by atoms with Crippen LogP contribution in [0.1, 0.15) is 31.9 Å². The molecule has 118 valence electrons. The van der Waals surface area contributed by atoms with Crippen molar-refractivity contribution in [1.29, 1.82) is 0 Å². The number of rotatable bonds is 6. The monoisotopic (exact) mass is 313 g/mol. The molecule has 0 atom stereocenters. The first-order chi connectivity index (χ1) is 9.61. The molecule has 1 aromatic rings. The van der Waals surface area contributed by atoms with Gasteiger partial charge in [-0.3, -0.25) is 4.79 Å². The lowest BCUT2D eigenvalue weighted by Gasteiger charge is -2.20. The SMILES string of the molecule is CC(C)(C)NC(=O)CNS(=O)(=O)Cc1cccc(CN)c1. The standard InChI is InChI=1S/C14H23N3O3S/c1-14(2,3)17-13(18)9-16-21(19,20)10-12-6-4-5-11(7-12)8-15/h4-7,16H,8-10,15H2,1-3H3,(H,17,18). The fourth-order valence-corrected chi connectivity index (χ4v) is 2.83. The first kappa shape index (κ1) is 17.6. The molecule has 7 heteroatoms. The minimum atomic E-state index is -3.56. The molecule has 0 spiro atoms. The van der Waals surface area contributed by atoms with Gasteiger partial charge in [0.25, 0.3) is 0 Å². The smallest absolute Gasteiger partial charge is 0.235 e. The predicted octanol–water partition coefficient (Wildman–Crippen LogP) is 0.479. The van der Waals surface area contributed by atoms with E-state index in [0.29, 0.717) is 12.1 Å². The summed E-state index contributed by atoms with van der Waals surface area (Å²) in [5, 5.41) is 2.69. The van der Waals surface area contributed by atoms with Crippen LogP contribution in [0, 0.1) is 0 Å². The van der Waals surface area contributed by atoms with Crippen molar-refractivity contribution < 1.29 is 13.2 Å². The average Bonchev–Trinajstić information content (AvgIpc) is 2.34. The maximum absolute atomic E-state index is 11.9. The molecule has 4 N–H and O–H groups in total. The number of carbonyl (C=O) groups excluding carboxylic acids is 1. The third kappa shape index (κ3) is 7.22. The summed E-state index contributed by atoms with van der Waals surface area (Å²) in [4.78, 5) is 11.6. The molecule has 1 aromatic carbocycles. The zero-order valence-electron chi connectivity index (χ0n) is 12.6. The summed E-state index contributed by atoms with van der Waals surface area (Å²) in [7, 11) is -3.56. The normalized spacial score (nSPS) is 12.2. The topological polar surface area (TPSA) is 101 Å². The molecule has 1 amide bonds. The van der Waals surface area contributed by atoms with Gasteiger partial charge in [-0.05, 0) is 31.9 Å². The van der Waals surface area contributed by atoms with E-state index < -0.39 is 15.6 Å². The number of benzene rings is 1. The fraction of sp³-hybridized carbons (Fsp3) is 0.500. The van der Waals surface area contributed by atoms with Gasteiger partial charge in [-0.25, -0.2) is 13.1 Å². The Balaban J connectivity index is 2.59. The molecule has 1 rings (SSSR count). The highest BCUT2D eigenvalue weighted by atomic mass is 32.2. The Morgan fingerprint density at radius 1 is 1.24 bits per heavy atom. The third-order valence-electron chi connectivity index (χ3n) is 2.55. The van der Waals surface area contributed by atoms with E-state index in [0.717, 1.165) is 5.56 Å². The summed E-state index contributed by atoms with van der Waals surface area (Å²) in [5.74, 6) is -0.536. The molecule has 0 fully saturated rings. The van der Waals surface area contributed by atoms with Crippen molar-refractivity contribution >= 4 is 15.9 Å². The van der Waals surface area contributed by atoms with E-state index in [-0.39, 0.29) is 18.2 Å². The Morgan fingerprint density at radius 3 is 2.43 bits per heavy atom. The molecule has 0 bridgehead atoms. The van der Waals surface area contributed by atoms with Crippen LogP contribution in [0.15, 0.2) is 24.3 Å². The van der Waals surface area contributed by atoms with E-state index in [2.05, 4.69) is 10.0 Å². The highest BCUT2D eigenvalue weighted by molar-refractivity contribution is 7.88. The molecule has 0 aliphatic rings. The van der Waals surface area contributed by atoms with Gasteiger partial charge in [0.1, 0.15) is 0 Å². The number of hydrogen-bond donors (Lipinski definition) is 3. The van der Waals surface area contributed by atoms with Crippen LogP contribution < -0.4 is 15.8 Å². The van der Waals surface area contributed by atoms with Gasteiger partial charge >= 0.3 is 0 Å². The lowest BCUT2D eigenvalue weighted by Crippen LogP contribution is -2.45. The van der Waals surface area contributed by atoms with Crippen LogP contribution in [0.4, 0.5) is 0 Å². The summed E-state index contributed by atoms with van der Waals surface area (Å²) in [6.45, 7) is 5.58. The van der Waals surface area contributed by atoms with E-state index in [9.17, 15) is 13.2 Å². The second-order valence-corrected chi connectivity index (χ2v) is 7.71. The van der Waals surface area contributed by atoms with E-state index in [1.165, 1.54) is 0 Å². The molecule has 0 aliphatic heterocycles. The molecular formula is C14H23N3O3S. The van der Waals surface area contributed by atoms with Gasteiger partial charge in [0.15, 0.2) is 0 Å². The summed E-state index contributed by atoms with van der Waals surface area (Å²) < 4.78 is 26.2. The second kappa shape index (κ2) is 7.02. The van der Waals surface area contributed by atoms with Gasteiger partial charge in [-0.15, -0.1) is 0 Å². The van der Waals surface area contributed by atoms with Crippen molar-refractivity contribution in [3.8, 4) is 0 Å². The average molecular weight is 313 g/mol. The van der Waals surface area contributed by atoms with Crippen LogP contribution in [-0.4, -0.2) is 26.4 Å². The van der Waals surface area contributed by atoms with Gasteiger partial charge in [-0.1, -0.05) is 24.3 Å². The van der Waals surface area contributed by atoms with Crippen molar-refractivity contribution in [2.24, 2.45) is 5.73 Å². The number of carbonyl (C=O) groups is 1. The van der Waals surface area contributed by atoms with Crippen molar-refractivity contribution in [2.75, 3.05) is 6.54 Å². The van der Waals surface area contributed by atoms with Gasteiger partial charge < -0.3 is 11.1 Å². The van der Waals surface area contributed by atoms with Gasteiger partial charge in [0, 0.05) is 12.1 Å². The largest absolute Gasteiger partial charge is 0.350 e. The molecular weight excluding hydrogens is 290 g/mol. The van der Waals surface area contributed by atoms with Crippen LogP contribution in [0.3, 0.4) is 0 Å². The Morgan fingerprint density at radius 2 is 1.86 bits per heavy atom. The Labute approximate surface area is 126 Å². The Hall–Kier alpha value is -1.44. The zero-order valence-corrected chi connectivity index (χ0v) is 13.5. The zero-order chi connectivity index (χ0) is 16.1. The highest BCUT2D eigenvalue weighted by Crippen LogP contribution is 2.08. The first-order valence-electron chi connectivity index (χ1n) is 6.67. The summed E-state index contributed by atoms with van der Waals surface area (Å²) in [6.07, 6.45) is 0. The highest BCUT2D eigenvalue weighted by Gasteiger charge is 2.17. The number of hydrogen-bond acceptors (Lipinski definition) is 4. The number of amides is 1. The molecule has 21 heavy (non-hydrogen) atoms. The molecule has 0 saturated heterocycles. The summed E-state index contributed by atoms with van der Waals surface area (Å²) >= 11 is 0. The molecule has 0 unspecified atom stereocenters. The van der Waals surface area contributed by atoms with Crippen molar-refractivity contribution in [2.45, 2.75) is 38.6 Å². The maximum Gasteiger partial charge on any atom is 0.235 e. The van der Waals surface area contributed by atoms with Crippen LogP contribution in [0.2, 0.25) is 0 Å². The van der Waals surface area contributed by atoms with Crippen LogP contribution in [0.25, 0.3) is 0 Å². The quantitative estimate of drug-likeness (QED) is 0.711. The maximum atomic E-state index is 11.9. The first-order valence-corrected chi connectivity index (χ1v) is 8.33. The minimum absolute atomic E-state index is 0.177. The molecule has 0 aliphatic carbocycles. The number of nitrogens with two attached hydrogens (primary N) is 1. The number of sulfonamides is 1. The minimum Gasteiger partial charge on any atom is -0.350 e. The molecule has 0 heterocycles. The molecule has 6 nitrogen and oxygen atoms in total. The van der Waals surface area contributed by atoms with Gasteiger partial charge in [0.2, 0.25) is 15.9 Å². The van der Waals surface area contributed by atoms with E-state index >= 15 is 0 Å². The van der Waals surface area contributed by atoms with Crippen molar-refractivity contribution in [1.82, 2.24) is 10.0 Å². The lowest BCUT2D eigenvalue weighted by atomic mass is 10.1. The van der Waals surface area contributed by atoms with Crippen LogP contribution in [-0.2, 0) is 27.1 Å². The van der Waals surface area contributed by atoms with Crippen LogP contribution >= 0.6 is 0 Å². The number of nitrogens with one attached hydrogen (secondary N) is 2. The van der Waals surface area contributed by atoms with E-state index in [1.807, 2.05) is 26.8 Å². The summed E-state index contributed by atoms with van der Waals surface area (Å²) in [5.41, 5.74) is 6.64. The van der Waals surface area contributed by atoms with E-state index in [4.69, 9.17) is 5.73 Å². The summed E-state index contributed by atoms with van der Waals surface area (Å²) in [6, 6.07) is 7.06. The van der Waals surface area contributed by atoms with Crippen molar-refractivity contribution in [3.05, 3.63) is 35.4 Å². The molecule has 0 aromatic heterocycles. The van der Waals surface area contributed by atoms with Gasteiger partial charge in [-0.2, -0.15) is 0 Å². The molecule has 0 saturated carbocycles.